The molecule has 0 bridgehead atoms. The zero-order valence-corrected chi connectivity index (χ0v) is 18.4. The molecular weight excluding hydrogens is 404 g/mol. The molecule has 6 nitrogen and oxygen atoms in total. The second-order valence-electron chi connectivity index (χ2n) is 7.72. The number of hydrazone groups is 1. The molecule has 0 aromatic heterocycles. The summed E-state index contributed by atoms with van der Waals surface area (Å²) in [6.45, 7) is 2.62. The molecule has 0 fully saturated rings. The van der Waals surface area contributed by atoms with Crippen molar-refractivity contribution < 1.29 is 18.9 Å². The number of hydrogen-bond acceptors (Lipinski definition) is 6. The zero-order chi connectivity index (χ0) is 22.1. The molecule has 0 N–H and O–H groups in total. The van der Waals surface area contributed by atoms with Crippen LogP contribution in [0.25, 0.3) is 0 Å². The minimum atomic E-state index is -0.327. The summed E-state index contributed by atoms with van der Waals surface area (Å²) in [5.74, 6) is 3.24. The summed E-state index contributed by atoms with van der Waals surface area (Å²) >= 11 is 0. The summed E-state index contributed by atoms with van der Waals surface area (Å²) in [7, 11) is 3.32. The summed E-state index contributed by atoms with van der Waals surface area (Å²) in [6.07, 6.45) is 0.434. The SMILES string of the molecule is CCOc1ccc([C@@H]2Oc3ccccc3[C@H]3CC(c4ccc(OC)cc4OC)=NN32)cc1. The van der Waals surface area contributed by atoms with Gasteiger partial charge in [0.2, 0.25) is 6.23 Å². The van der Waals surface area contributed by atoms with Gasteiger partial charge in [-0.25, -0.2) is 5.01 Å². The molecule has 3 aromatic rings. The van der Waals surface area contributed by atoms with Gasteiger partial charge in [-0.15, -0.1) is 0 Å². The molecule has 0 radical (unpaired) electrons. The number of ether oxygens (including phenoxy) is 4. The highest BCUT2D eigenvalue weighted by Crippen LogP contribution is 2.48. The van der Waals surface area contributed by atoms with Gasteiger partial charge in [-0.3, -0.25) is 0 Å². The van der Waals surface area contributed by atoms with Crippen molar-refractivity contribution in [1.82, 2.24) is 5.01 Å². The van der Waals surface area contributed by atoms with Crippen LogP contribution in [0, 0.1) is 0 Å². The quantitative estimate of drug-likeness (QED) is 0.528. The Morgan fingerprint density at radius 2 is 1.75 bits per heavy atom. The molecule has 2 atom stereocenters. The molecule has 3 aromatic carbocycles. The molecule has 0 amide bonds. The van der Waals surface area contributed by atoms with Crippen molar-refractivity contribution >= 4 is 5.71 Å². The van der Waals surface area contributed by atoms with Crippen LogP contribution in [0.15, 0.2) is 71.8 Å². The fourth-order valence-corrected chi connectivity index (χ4v) is 4.35. The van der Waals surface area contributed by atoms with Crippen LogP contribution in [0.5, 0.6) is 23.0 Å². The van der Waals surface area contributed by atoms with Crippen LogP contribution in [0.4, 0.5) is 0 Å². The number of para-hydroxylation sites is 1. The van der Waals surface area contributed by atoms with E-state index < -0.39 is 0 Å². The number of nitrogens with zero attached hydrogens (tertiary/aromatic N) is 2. The Kier molecular flexibility index (Phi) is 5.35. The van der Waals surface area contributed by atoms with E-state index in [2.05, 4.69) is 11.1 Å². The van der Waals surface area contributed by atoms with Crippen molar-refractivity contribution in [3.05, 3.63) is 83.4 Å². The number of methoxy groups -OCH3 is 2. The summed E-state index contributed by atoms with van der Waals surface area (Å²) < 4.78 is 23.0. The monoisotopic (exact) mass is 430 g/mol. The Bertz CT molecular complexity index is 1140. The third kappa shape index (κ3) is 3.51. The van der Waals surface area contributed by atoms with Crippen LogP contribution < -0.4 is 18.9 Å². The van der Waals surface area contributed by atoms with E-state index in [0.717, 1.165) is 51.8 Å². The summed E-state index contributed by atoms with van der Waals surface area (Å²) in [6, 6.07) is 22.2. The van der Waals surface area contributed by atoms with E-state index in [0.29, 0.717) is 6.61 Å². The number of hydrogen-bond donors (Lipinski definition) is 0. The molecule has 0 unspecified atom stereocenters. The molecule has 6 heteroatoms. The third-order valence-corrected chi connectivity index (χ3v) is 5.89. The molecular formula is C26H26N2O4. The Morgan fingerprint density at radius 1 is 0.969 bits per heavy atom. The Morgan fingerprint density at radius 3 is 2.50 bits per heavy atom. The zero-order valence-electron chi connectivity index (χ0n) is 18.4. The number of benzene rings is 3. The summed E-state index contributed by atoms with van der Waals surface area (Å²) in [5, 5.41) is 7.10. The Balaban J connectivity index is 1.55. The predicted octanol–water partition coefficient (Wildman–Crippen LogP) is 5.34. The molecule has 0 aliphatic carbocycles. The molecule has 164 valence electrons. The molecule has 0 saturated heterocycles. The lowest BCUT2D eigenvalue weighted by molar-refractivity contribution is -0.0190. The van der Waals surface area contributed by atoms with Crippen LogP contribution in [-0.2, 0) is 0 Å². The highest BCUT2D eigenvalue weighted by molar-refractivity contribution is 6.04. The van der Waals surface area contributed by atoms with Gasteiger partial charge in [-0.2, -0.15) is 5.10 Å². The average molecular weight is 431 g/mol. The standard InChI is InChI=1S/C26H26N2O4/c1-4-31-18-11-9-17(10-12-18)26-28-23(21-7-5-6-8-24(21)32-26)16-22(27-28)20-14-13-19(29-2)15-25(20)30-3/h5-15,23,26H,4,16H2,1-3H3/t23-,26+/m1/s1. The highest BCUT2D eigenvalue weighted by atomic mass is 16.5. The number of fused-ring (bicyclic) bond motifs is 3. The van der Waals surface area contributed by atoms with E-state index in [1.807, 2.05) is 67.6 Å². The van der Waals surface area contributed by atoms with Crippen LogP contribution in [0.3, 0.4) is 0 Å². The maximum absolute atomic E-state index is 6.44. The van der Waals surface area contributed by atoms with Crippen LogP contribution in [0.2, 0.25) is 0 Å². The van der Waals surface area contributed by atoms with Gasteiger partial charge in [0.25, 0.3) is 0 Å². The van der Waals surface area contributed by atoms with Crippen molar-refractivity contribution in [1.29, 1.82) is 0 Å². The maximum atomic E-state index is 6.44. The first-order chi connectivity index (χ1) is 15.7. The molecule has 32 heavy (non-hydrogen) atoms. The highest BCUT2D eigenvalue weighted by Gasteiger charge is 2.41. The fraction of sp³-hybridized carbons (Fsp3) is 0.269. The first-order valence-electron chi connectivity index (χ1n) is 10.8. The minimum Gasteiger partial charge on any atom is -0.497 e. The van der Waals surface area contributed by atoms with Gasteiger partial charge in [0.15, 0.2) is 0 Å². The van der Waals surface area contributed by atoms with Crippen LogP contribution >= 0.6 is 0 Å². The molecule has 2 aliphatic heterocycles. The summed E-state index contributed by atoms with van der Waals surface area (Å²) in [5.41, 5.74) is 4.09. The second kappa shape index (κ2) is 8.46. The fourth-order valence-electron chi connectivity index (χ4n) is 4.35. The van der Waals surface area contributed by atoms with E-state index in [1.54, 1.807) is 14.2 Å². The van der Waals surface area contributed by atoms with Gasteiger partial charge >= 0.3 is 0 Å². The normalized spacial score (nSPS) is 18.8. The average Bonchev–Trinajstić information content (AvgIpc) is 3.29. The topological polar surface area (TPSA) is 52.5 Å². The van der Waals surface area contributed by atoms with Crippen molar-refractivity contribution in [2.75, 3.05) is 20.8 Å². The van der Waals surface area contributed by atoms with Gasteiger partial charge in [0, 0.05) is 29.2 Å². The first kappa shape index (κ1) is 20.2. The first-order valence-corrected chi connectivity index (χ1v) is 10.8. The van der Waals surface area contributed by atoms with Crippen molar-refractivity contribution in [3.8, 4) is 23.0 Å². The third-order valence-electron chi connectivity index (χ3n) is 5.89. The lowest BCUT2D eigenvalue weighted by Crippen LogP contribution is -2.33. The molecule has 0 saturated carbocycles. The molecule has 0 spiro atoms. The van der Waals surface area contributed by atoms with Gasteiger partial charge in [0.05, 0.1) is 32.6 Å². The van der Waals surface area contributed by atoms with Gasteiger partial charge in [-0.1, -0.05) is 18.2 Å². The number of rotatable bonds is 6. The van der Waals surface area contributed by atoms with E-state index in [9.17, 15) is 0 Å². The lowest BCUT2D eigenvalue weighted by atomic mass is 9.95. The van der Waals surface area contributed by atoms with E-state index in [-0.39, 0.29) is 12.3 Å². The van der Waals surface area contributed by atoms with E-state index >= 15 is 0 Å². The van der Waals surface area contributed by atoms with E-state index in [4.69, 9.17) is 24.0 Å². The van der Waals surface area contributed by atoms with E-state index in [1.165, 1.54) is 0 Å². The van der Waals surface area contributed by atoms with Crippen molar-refractivity contribution in [2.24, 2.45) is 5.10 Å². The minimum absolute atomic E-state index is 0.0818. The Labute approximate surface area is 188 Å². The lowest BCUT2D eigenvalue weighted by Gasteiger charge is -2.38. The van der Waals surface area contributed by atoms with Crippen LogP contribution in [-0.4, -0.2) is 31.5 Å². The molecule has 2 aliphatic rings. The maximum Gasteiger partial charge on any atom is 0.213 e. The predicted molar refractivity (Wildman–Crippen MR) is 123 cm³/mol. The van der Waals surface area contributed by atoms with Gasteiger partial charge in [0.1, 0.15) is 23.0 Å². The van der Waals surface area contributed by atoms with Crippen molar-refractivity contribution in [3.63, 3.8) is 0 Å². The molecule has 2 heterocycles. The van der Waals surface area contributed by atoms with Crippen LogP contribution in [0.1, 0.15) is 42.3 Å². The van der Waals surface area contributed by atoms with Crippen molar-refractivity contribution in [2.45, 2.75) is 25.6 Å². The smallest absolute Gasteiger partial charge is 0.213 e. The second-order valence-corrected chi connectivity index (χ2v) is 7.72. The summed E-state index contributed by atoms with van der Waals surface area (Å²) in [4.78, 5) is 0. The largest absolute Gasteiger partial charge is 0.497 e. The van der Waals surface area contributed by atoms with Gasteiger partial charge in [-0.05, 0) is 49.4 Å². The Hall–Kier alpha value is -3.67. The molecule has 5 rings (SSSR count). The van der Waals surface area contributed by atoms with Gasteiger partial charge < -0.3 is 18.9 Å².